The van der Waals surface area contributed by atoms with E-state index in [-0.39, 0.29) is 12.0 Å². The first-order valence-electron chi connectivity index (χ1n) is 8.65. The van der Waals surface area contributed by atoms with Crippen LogP contribution in [0.3, 0.4) is 0 Å². The average Bonchev–Trinajstić information content (AvgIpc) is 2.70. The summed E-state index contributed by atoms with van der Waals surface area (Å²) < 4.78 is 0. The summed E-state index contributed by atoms with van der Waals surface area (Å²) in [5.74, 6) is 0.538. The second-order valence-electron chi connectivity index (χ2n) is 6.22. The van der Waals surface area contributed by atoms with Crippen molar-refractivity contribution in [3.63, 3.8) is 0 Å². The SMILES string of the molecule is Nc1nc(N)c2cc(NNC(c3ccccc3)c3ccccc3)ccc2n1. The highest BCUT2D eigenvalue weighted by molar-refractivity contribution is 5.91. The number of anilines is 3. The quantitative estimate of drug-likeness (QED) is 0.408. The van der Waals surface area contributed by atoms with Gasteiger partial charge in [-0.05, 0) is 29.3 Å². The van der Waals surface area contributed by atoms with Gasteiger partial charge in [0.25, 0.3) is 0 Å². The van der Waals surface area contributed by atoms with Gasteiger partial charge in [0.2, 0.25) is 5.95 Å². The molecule has 1 aromatic heterocycles. The number of fused-ring (bicyclic) bond motifs is 1. The lowest BCUT2D eigenvalue weighted by atomic mass is 9.99. The maximum absolute atomic E-state index is 5.98. The van der Waals surface area contributed by atoms with E-state index in [0.29, 0.717) is 11.3 Å². The van der Waals surface area contributed by atoms with Gasteiger partial charge in [-0.15, -0.1) is 0 Å². The van der Waals surface area contributed by atoms with Gasteiger partial charge in [-0.1, -0.05) is 60.7 Å². The van der Waals surface area contributed by atoms with Crippen molar-refractivity contribution in [3.05, 3.63) is 90.0 Å². The third kappa shape index (κ3) is 3.65. The van der Waals surface area contributed by atoms with Gasteiger partial charge in [0.15, 0.2) is 0 Å². The van der Waals surface area contributed by atoms with Gasteiger partial charge in [-0.2, -0.15) is 4.98 Å². The zero-order valence-corrected chi connectivity index (χ0v) is 14.6. The maximum atomic E-state index is 5.98. The molecule has 3 aromatic carbocycles. The molecule has 4 aromatic rings. The lowest BCUT2D eigenvalue weighted by Gasteiger charge is -2.21. The van der Waals surface area contributed by atoms with Crippen LogP contribution in [-0.4, -0.2) is 9.97 Å². The second kappa shape index (κ2) is 7.31. The van der Waals surface area contributed by atoms with Crippen LogP contribution >= 0.6 is 0 Å². The molecule has 6 N–H and O–H groups in total. The van der Waals surface area contributed by atoms with E-state index in [0.717, 1.165) is 22.2 Å². The minimum atomic E-state index is -0.0110. The monoisotopic (exact) mass is 356 g/mol. The maximum Gasteiger partial charge on any atom is 0.222 e. The zero-order chi connectivity index (χ0) is 18.6. The molecule has 0 atom stereocenters. The second-order valence-corrected chi connectivity index (χ2v) is 6.22. The van der Waals surface area contributed by atoms with Gasteiger partial charge in [-0.25, -0.2) is 10.4 Å². The number of hydrogen-bond acceptors (Lipinski definition) is 6. The molecule has 0 radical (unpaired) electrons. The lowest BCUT2D eigenvalue weighted by Crippen LogP contribution is -2.28. The van der Waals surface area contributed by atoms with Crippen LogP contribution < -0.4 is 22.3 Å². The van der Waals surface area contributed by atoms with Crippen LogP contribution in [0.1, 0.15) is 17.2 Å². The zero-order valence-electron chi connectivity index (χ0n) is 14.6. The smallest absolute Gasteiger partial charge is 0.222 e. The molecule has 0 bridgehead atoms. The molecule has 0 amide bonds. The van der Waals surface area contributed by atoms with Crippen molar-refractivity contribution in [1.29, 1.82) is 0 Å². The van der Waals surface area contributed by atoms with Crippen molar-refractivity contribution in [1.82, 2.24) is 15.4 Å². The first-order chi connectivity index (χ1) is 13.2. The molecule has 0 fully saturated rings. The standard InChI is InChI=1S/C21H20N6/c22-20-17-13-16(11-12-18(17)24-21(23)25-20)26-27-19(14-7-3-1-4-8-14)15-9-5-2-6-10-15/h1-13,19,26-27H,(H4,22,23,24,25). The molecule has 0 aliphatic carbocycles. The third-order valence-electron chi connectivity index (χ3n) is 4.37. The highest BCUT2D eigenvalue weighted by Gasteiger charge is 2.13. The van der Waals surface area contributed by atoms with Gasteiger partial charge in [0.05, 0.1) is 11.6 Å². The third-order valence-corrected chi connectivity index (χ3v) is 4.37. The van der Waals surface area contributed by atoms with Gasteiger partial charge < -0.3 is 16.9 Å². The van der Waals surface area contributed by atoms with Crippen LogP contribution in [0.4, 0.5) is 17.5 Å². The molecule has 0 aliphatic rings. The summed E-state index contributed by atoms with van der Waals surface area (Å²) in [5, 5.41) is 0.756. The van der Waals surface area contributed by atoms with Crippen LogP contribution in [0.2, 0.25) is 0 Å². The minimum Gasteiger partial charge on any atom is -0.383 e. The molecule has 6 heteroatoms. The van der Waals surface area contributed by atoms with Crippen molar-refractivity contribution < 1.29 is 0 Å². The molecule has 0 saturated heterocycles. The fourth-order valence-electron chi connectivity index (χ4n) is 3.05. The van der Waals surface area contributed by atoms with Crippen LogP contribution in [0.25, 0.3) is 10.9 Å². The average molecular weight is 356 g/mol. The van der Waals surface area contributed by atoms with E-state index in [9.17, 15) is 0 Å². The summed E-state index contributed by atoms with van der Waals surface area (Å²) in [7, 11) is 0. The summed E-state index contributed by atoms with van der Waals surface area (Å²) in [6, 6.07) is 26.2. The first kappa shape index (κ1) is 16.8. The molecule has 0 aliphatic heterocycles. The summed E-state index contributed by atoms with van der Waals surface area (Å²) >= 11 is 0. The molecule has 0 spiro atoms. The Balaban J connectivity index is 1.62. The fourth-order valence-corrected chi connectivity index (χ4v) is 3.05. The molecule has 4 rings (SSSR count). The Hall–Kier alpha value is -3.64. The van der Waals surface area contributed by atoms with E-state index in [2.05, 4.69) is 45.1 Å². The van der Waals surface area contributed by atoms with Crippen molar-refractivity contribution >= 4 is 28.4 Å². The molecule has 134 valence electrons. The van der Waals surface area contributed by atoms with E-state index < -0.39 is 0 Å². The predicted octanol–water partition coefficient (Wildman–Crippen LogP) is 3.50. The van der Waals surface area contributed by atoms with E-state index in [4.69, 9.17) is 11.5 Å². The Morgan fingerprint density at radius 3 is 2.00 bits per heavy atom. The lowest BCUT2D eigenvalue weighted by molar-refractivity contribution is 0.682. The Kier molecular flexibility index (Phi) is 4.55. The number of nitrogen functional groups attached to an aromatic ring is 2. The Labute approximate surface area is 157 Å². The molecule has 1 heterocycles. The number of aromatic nitrogens is 2. The van der Waals surface area contributed by atoms with Gasteiger partial charge in [0, 0.05) is 11.1 Å². The van der Waals surface area contributed by atoms with Crippen molar-refractivity contribution in [2.75, 3.05) is 16.9 Å². The van der Waals surface area contributed by atoms with Crippen LogP contribution in [0.15, 0.2) is 78.9 Å². The number of rotatable bonds is 5. The van der Waals surface area contributed by atoms with Crippen LogP contribution in [-0.2, 0) is 0 Å². The molecular weight excluding hydrogens is 336 g/mol. The normalized spacial score (nSPS) is 11.0. The molecule has 6 nitrogen and oxygen atoms in total. The number of hydrogen-bond donors (Lipinski definition) is 4. The highest BCUT2D eigenvalue weighted by atomic mass is 15.4. The fraction of sp³-hybridized carbons (Fsp3) is 0.0476. The van der Waals surface area contributed by atoms with E-state index in [1.54, 1.807) is 0 Å². The molecular formula is C21H20N6. The first-order valence-corrected chi connectivity index (χ1v) is 8.65. The van der Waals surface area contributed by atoms with E-state index in [1.165, 1.54) is 0 Å². The minimum absolute atomic E-state index is 0.0110. The summed E-state index contributed by atoms with van der Waals surface area (Å²) in [6.07, 6.45) is 0. The summed E-state index contributed by atoms with van der Waals surface area (Å²) in [5.41, 5.74) is 22.2. The summed E-state index contributed by atoms with van der Waals surface area (Å²) in [4.78, 5) is 8.24. The summed E-state index contributed by atoms with van der Waals surface area (Å²) in [6.45, 7) is 0. The number of nitrogens with one attached hydrogen (secondary N) is 2. The van der Waals surface area contributed by atoms with Crippen molar-refractivity contribution in [3.8, 4) is 0 Å². The number of nitrogens with zero attached hydrogens (tertiary/aromatic N) is 2. The number of hydrazine groups is 1. The van der Waals surface area contributed by atoms with Crippen LogP contribution in [0, 0.1) is 0 Å². The molecule has 0 saturated carbocycles. The van der Waals surface area contributed by atoms with Gasteiger partial charge in [0.1, 0.15) is 5.82 Å². The topological polar surface area (TPSA) is 102 Å². The van der Waals surface area contributed by atoms with Crippen molar-refractivity contribution in [2.24, 2.45) is 0 Å². The largest absolute Gasteiger partial charge is 0.383 e. The van der Waals surface area contributed by atoms with Crippen LogP contribution in [0.5, 0.6) is 0 Å². The Morgan fingerprint density at radius 2 is 1.37 bits per heavy atom. The molecule has 0 unspecified atom stereocenters. The van der Waals surface area contributed by atoms with E-state index >= 15 is 0 Å². The number of benzene rings is 3. The van der Waals surface area contributed by atoms with Crippen molar-refractivity contribution in [2.45, 2.75) is 6.04 Å². The van der Waals surface area contributed by atoms with Gasteiger partial charge in [-0.3, -0.25) is 0 Å². The Morgan fingerprint density at radius 1 is 0.741 bits per heavy atom. The van der Waals surface area contributed by atoms with Gasteiger partial charge >= 0.3 is 0 Å². The molecule has 27 heavy (non-hydrogen) atoms. The predicted molar refractivity (Wildman–Crippen MR) is 110 cm³/mol. The highest BCUT2D eigenvalue weighted by Crippen LogP contribution is 2.25. The number of nitrogens with two attached hydrogens (primary N) is 2. The van der Waals surface area contributed by atoms with E-state index in [1.807, 2.05) is 54.6 Å². The Bertz CT molecular complexity index is 1010.